The average Bonchev–Trinajstić information content (AvgIpc) is 3.29. The highest BCUT2D eigenvalue weighted by atomic mass is 35.5. The van der Waals surface area contributed by atoms with Crippen LogP contribution in [0.25, 0.3) is 0 Å². The third kappa shape index (κ3) is 7.30. The summed E-state index contributed by atoms with van der Waals surface area (Å²) in [7, 11) is 0. The standard InChI is InChI=1S/C23H24ClF3N6OS/c24-18-5-1-16(2-6-18)15-20-30-22(35-31-20)33-13-11-32(12-14-33)10-9-28-21(34)29-19-7-3-17(4-8-19)23(25,26)27/h1-8H,9-15H2,(H2,28,29,34). The van der Waals surface area contributed by atoms with E-state index in [9.17, 15) is 18.0 Å². The minimum Gasteiger partial charge on any atom is -0.344 e. The fourth-order valence-corrected chi connectivity index (χ4v) is 4.50. The van der Waals surface area contributed by atoms with Crippen molar-refractivity contribution in [2.45, 2.75) is 12.6 Å². The third-order valence-electron chi connectivity index (χ3n) is 5.56. The Balaban J connectivity index is 1.16. The molecule has 1 fully saturated rings. The van der Waals surface area contributed by atoms with Crippen molar-refractivity contribution >= 4 is 40.0 Å². The van der Waals surface area contributed by atoms with E-state index in [1.54, 1.807) is 0 Å². The van der Waals surface area contributed by atoms with Gasteiger partial charge in [0, 0.05) is 67.9 Å². The van der Waals surface area contributed by atoms with Gasteiger partial charge in [0.2, 0.25) is 5.13 Å². The molecule has 3 aromatic rings. The summed E-state index contributed by atoms with van der Waals surface area (Å²) in [5, 5.41) is 6.89. The van der Waals surface area contributed by atoms with E-state index in [4.69, 9.17) is 11.6 Å². The first kappa shape index (κ1) is 25.2. The van der Waals surface area contributed by atoms with Gasteiger partial charge in [-0.25, -0.2) is 9.78 Å². The lowest BCUT2D eigenvalue weighted by Crippen LogP contribution is -2.48. The van der Waals surface area contributed by atoms with Gasteiger partial charge in [0.25, 0.3) is 0 Å². The van der Waals surface area contributed by atoms with Crippen LogP contribution < -0.4 is 15.5 Å². The first-order valence-corrected chi connectivity index (χ1v) is 12.2. The number of hydrogen-bond donors (Lipinski definition) is 2. The maximum Gasteiger partial charge on any atom is 0.416 e. The van der Waals surface area contributed by atoms with Gasteiger partial charge in [-0.15, -0.1) is 0 Å². The number of anilines is 2. The van der Waals surface area contributed by atoms with Gasteiger partial charge >= 0.3 is 12.2 Å². The van der Waals surface area contributed by atoms with E-state index in [0.29, 0.717) is 30.2 Å². The number of nitrogens with zero attached hydrogens (tertiary/aromatic N) is 4. The number of carbonyl (C=O) groups is 1. The van der Waals surface area contributed by atoms with E-state index in [1.165, 1.54) is 23.7 Å². The van der Waals surface area contributed by atoms with Crippen LogP contribution in [0.2, 0.25) is 5.02 Å². The molecule has 0 bridgehead atoms. The van der Waals surface area contributed by atoms with E-state index < -0.39 is 17.8 Å². The molecule has 0 aliphatic carbocycles. The minimum absolute atomic E-state index is 0.302. The molecule has 1 saturated heterocycles. The second-order valence-corrected chi connectivity index (χ2v) is 9.25. The molecule has 1 aromatic heterocycles. The molecule has 12 heteroatoms. The van der Waals surface area contributed by atoms with Gasteiger partial charge in [-0.05, 0) is 42.0 Å². The molecule has 4 rings (SSSR count). The summed E-state index contributed by atoms with van der Waals surface area (Å²) in [6.07, 6.45) is -3.74. The first-order chi connectivity index (χ1) is 16.8. The van der Waals surface area contributed by atoms with Gasteiger partial charge in [0.15, 0.2) is 0 Å². The van der Waals surface area contributed by atoms with Gasteiger partial charge in [-0.3, -0.25) is 4.90 Å². The van der Waals surface area contributed by atoms with Crippen LogP contribution in [0.3, 0.4) is 0 Å². The number of alkyl halides is 3. The van der Waals surface area contributed by atoms with Crippen LogP contribution in [0, 0.1) is 0 Å². The molecule has 0 atom stereocenters. The minimum atomic E-state index is -4.40. The Hall–Kier alpha value is -2.89. The molecular formula is C23H24ClF3N6OS. The number of nitrogens with one attached hydrogen (secondary N) is 2. The van der Waals surface area contributed by atoms with Crippen molar-refractivity contribution < 1.29 is 18.0 Å². The number of aromatic nitrogens is 2. The van der Waals surface area contributed by atoms with Gasteiger partial charge in [0.1, 0.15) is 5.82 Å². The number of rotatable bonds is 7. The Kier molecular flexibility index (Phi) is 8.09. The summed E-state index contributed by atoms with van der Waals surface area (Å²) < 4.78 is 42.3. The van der Waals surface area contributed by atoms with Crippen LogP contribution >= 0.6 is 23.1 Å². The van der Waals surface area contributed by atoms with Crippen LogP contribution in [-0.4, -0.2) is 59.6 Å². The zero-order chi connectivity index (χ0) is 24.8. The molecule has 2 aromatic carbocycles. The Morgan fingerprint density at radius 3 is 2.37 bits per heavy atom. The summed E-state index contributed by atoms with van der Waals surface area (Å²) in [5.74, 6) is 0.790. The fraction of sp³-hybridized carbons (Fsp3) is 0.348. The van der Waals surface area contributed by atoms with E-state index in [-0.39, 0.29) is 0 Å². The van der Waals surface area contributed by atoms with E-state index in [0.717, 1.165) is 54.8 Å². The first-order valence-electron chi connectivity index (χ1n) is 11.0. The predicted octanol–water partition coefficient (Wildman–Crippen LogP) is 4.74. The fourth-order valence-electron chi connectivity index (χ4n) is 3.64. The lowest BCUT2D eigenvalue weighted by atomic mass is 10.1. The van der Waals surface area contributed by atoms with Crippen LogP contribution in [0.1, 0.15) is 17.0 Å². The molecule has 1 aliphatic heterocycles. The highest BCUT2D eigenvalue weighted by Gasteiger charge is 2.30. The topological polar surface area (TPSA) is 73.4 Å². The summed E-state index contributed by atoms with van der Waals surface area (Å²) >= 11 is 7.33. The molecule has 0 spiro atoms. The molecule has 2 amide bonds. The van der Waals surface area contributed by atoms with Crippen molar-refractivity contribution in [3.63, 3.8) is 0 Å². The SMILES string of the molecule is O=C(NCCN1CCN(c2nc(Cc3ccc(Cl)cc3)ns2)CC1)Nc1ccc(C(F)(F)F)cc1. The van der Waals surface area contributed by atoms with Crippen LogP contribution in [0.5, 0.6) is 0 Å². The van der Waals surface area contributed by atoms with Crippen LogP contribution in [0.15, 0.2) is 48.5 Å². The average molecular weight is 525 g/mol. The zero-order valence-corrected chi connectivity index (χ0v) is 20.3. The summed E-state index contributed by atoms with van der Waals surface area (Å²) in [5.41, 5.74) is 0.656. The molecule has 7 nitrogen and oxygen atoms in total. The lowest BCUT2D eigenvalue weighted by molar-refractivity contribution is -0.137. The molecule has 35 heavy (non-hydrogen) atoms. The summed E-state index contributed by atoms with van der Waals surface area (Å²) in [4.78, 5) is 21.2. The second-order valence-electron chi connectivity index (χ2n) is 8.08. The predicted molar refractivity (Wildman–Crippen MR) is 131 cm³/mol. The number of urea groups is 1. The third-order valence-corrected chi connectivity index (χ3v) is 6.63. The summed E-state index contributed by atoms with van der Waals surface area (Å²) in [6.45, 7) is 4.38. The van der Waals surface area contributed by atoms with Crippen LogP contribution in [0.4, 0.5) is 28.8 Å². The maximum absolute atomic E-state index is 12.6. The number of carbonyl (C=O) groups excluding carboxylic acids is 1. The lowest BCUT2D eigenvalue weighted by Gasteiger charge is -2.34. The Bertz CT molecular complexity index is 1120. The van der Waals surface area contributed by atoms with Crippen LogP contribution in [-0.2, 0) is 12.6 Å². The van der Waals surface area contributed by atoms with Crippen molar-refractivity contribution in [2.75, 3.05) is 49.5 Å². The molecule has 0 unspecified atom stereocenters. The number of hydrogen-bond acceptors (Lipinski definition) is 6. The van der Waals surface area contributed by atoms with Gasteiger partial charge in [0.05, 0.1) is 5.56 Å². The quantitative estimate of drug-likeness (QED) is 0.467. The largest absolute Gasteiger partial charge is 0.416 e. The van der Waals surface area contributed by atoms with Gasteiger partial charge in [-0.2, -0.15) is 17.5 Å². The zero-order valence-electron chi connectivity index (χ0n) is 18.7. The molecular weight excluding hydrogens is 501 g/mol. The highest BCUT2D eigenvalue weighted by molar-refractivity contribution is 7.09. The molecule has 2 heterocycles. The van der Waals surface area contributed by atoms with E-state index in [2.05, 4.69) is 29.8 Å². The van der Waals surface area contributed by atoms with Crippen molar-refractivity contribution in [1.82, 2.24) is 19.6 Å². The van der Waals surface area contributed by atoms with Gasteiger partial charge in [-0.1, -0.05) is 23.7 Å². The number of amides is 2. The normalized spacial score (nSPS) is 14.7. The molecule has 0 saturated carbocycles. The van der Waals surface area contributed by atoms with E-state index in [1.807, 2.05) is 24.3 Å². The molecule has 0 radical (unpaired) electrons. The monoisotopic (exact) mass is 524 g/mol. The van der Waals surface area contributed by atoms with Crippen molar-refractivity contribution in [1.29, 1.82) is 0 Å². The Labute approximate surface area is 210 Å². The smallest absolute Gasteiger partial charge is 0.344 e. The number of halogens is 4. The van der Waals surface area contributed by atoms with Gasteiger partial charge < -0.3 is 15.5 Å². The molecule has 186 valence electrons. The van der Waals surface area contributed by atoms with E-state index >= 15 is 0 Å². The summed E-state index contributed by atoms with van der Waals surface area (Å²) in [6, 6.07) is 11.5. The Morgan fingerprint density at radius 1 is 1.03 bits per heavy atom. The van der Waals surface area contributed by atoms with Crippen molar-refractivity contribution in [3.05, 3.63) is 70.5 Å². The molecule has 2 N–H and O–H groups in total. The number of piperazine rings is 1. The molecule has 1 aliphatic rings. The second kappa shape index (κ2) is 11.2. The van der Waals surface area contributed by atoms with Crippen molar-refractivity contribution in [2.24, 2.45) is 0 Å². The number of benzene rings is 2. The van der Waals surface area contributed by atoms with Crippen molar-refractivity contribution in [3.8, 4) is 0 Å². The maximum atomic E-state index is 12.6. The highest BCUT2D eigenvalue weighted by Crippen LogP contribution is 2.29. The Morgan fingerprint density at radius 2 is 1.71 bits per heavy atom.